The van der Waals surface area contributed by atoms with Gasteiger partial charge in [0.15, 0.2) is 5.76 Å². The first-order chi connectivity index (χ1) is 9.47. The Hall–Kier alpha value is -2.17. The normalized spacial score (nSPS) is 11.0. The number of nitrogens with one attached hydrogen (secondary N) is 1. The Bertz CT molecular complexity index is 691. The molecular weight excluding hydrogens is 261 g/mol. The lowest BCUT2D eigenvalue weighted by molar-refractivity contribution is 0.0920. The van der Waals surface area contributed by atoms with E-state index in [9.17, 15) is 14.0 Å². The molecule has 0 radical (unpaired) electrons. The minimum Gasteiger partial charge on any atom is -0.417 e. The zero-order chi connectivity index (χ0) is 14.7. The summed E-state index contributed by atoms with van der Waals surface area (Å²) in [5.74, 6) is -0.562. The van der Waals surface area contributed by atoms with Gasteiger partial charge in [0.05, 0.1) is 5.39 Å². The van der Waals surface area contributed by atoms with Crippen molar-refractivity contribution in [3.05, 3.63) is 46.3 Å². The van der Waals surface area contributed by atoms with E-state index in [1.807, 2.05) is 13.8 Å². The van der Waals surface area contributed by atoms with Crippen LogP contribution in [0.5, 0.6) is 0 Å². The van der Waals surface area contributed by atoms with Gasteiger partial charge in [0.1, 0.15) is 5.82 Å². The van der Waals surface area contributed by atoms with Crippen LogP contribution in [0, 0.1) is 11.7 Å². The van der Waals surface area contributed by atoms with Crippen LogP contribution in [0.1, 0.15) is 30.8 Å². The number of carbonyl (C=O) groups is 1. The highest BCUT2D eigenvalue weighted by Gasteiger charge is 2.12. The Kier molecular flexibility index (Phi) is 4.17. The Morgan fingerprint density at radius 2 is 2.10 bits per heavy atom. The van der Waals surface area contributed by atoms with E-state index < -0.39 is 17.3 Å². The van der Waals surface area contributed by atoms with E-state index >= 15 is 0 Å². The van der Waals surface area contributed by atoms with E-state index in [2.05, 4.69) is 5.32 Å². The van der Waals surface area contributed by atoms with Gasteiger partial charge in [0, 0.05) is 6.54 Å². The summed E-state index contributed by atoms with van der Waals surface area (Å²) in [6, 6.07) is 5.11. The van der Waals surface area contributed by atoms with Crippen molar-refractivity contribution >= 4 is 16.7 Å². The molecular formula is C15H16FNO3. The van der Waals surface area contributed by atoms with Crippen LogP contribution in [0.4, 0.5) is 4.39 Å². The van der Waals surface area contributed by atoms with E-state index in [0.717, 1.165) is 6.42 Å². The standard InChI is InChI=1S/C15H16FNO3/c1-9(2)5-6-17-14(18)13-8-10-7-11(16)3-4-12(10)15(19)20-13/h3-4,7-9H,5-6H2,1-2H3,(H,17,18). The first-order valence-corrected chi connectivity index (χ1v) is 6.49. The van der Waals surface area contributed by atoms with Crippen molar-refractivity contribution in [2.75, 3.05) is 6.54 Å². The van der Waals surface area contributed by atoms with Gasteiger partial charge in [-0.2, -0.15) is 0 Å². The van der Waals surface area contributed by atoms with Crippen LogP contribution in [0.25, 0.3) is 10.8 Å². The molecule has 20 heavy (non-hydrogen) atoms. The first-order valence-electron chi connectivity index (χ1n) is 6.49. The van der Waals surface area contributed by atoms with E-state index in [1.165, 1.54) is 24.3 Å². The summed E-state index contributed by atoms with van der Waals surface area (Å²) in [5, 5.41) is 3.28. The molecule has 0 saturated carbocycles. The smallest absolute Gasteiger partial charge is 0.344 e. The molecule has 106 valence electrons. The number of amides is 1. The van der Waals surface area contributed by atoms with Gasteiger partial charge in [-0.1, -0.05) is 13.8 Å². The summed E-state index contributed by atoms with van der Waals surface area (Å²) in [6.07, 6.45) is 0.832. The SMILES string of the molecule is CC(C)CCNC(=O)c1cc2cc(F)ccc2c(=O)o1. The molecule has 1 heterocycles. The summed E-state index contributed by atoms with van der Waals surface area (Å²) in [5.41, 5.74) is -0.642. The van der Waals surface area contributed by atoms with Gasteiger partial charge >= 0.3 is 5.63 Å². The highest BCUT2D eigenvalue weighted by atomic mass is 19.1. The summed E-state index contributed by atoms with van der Waals surface area (Å²) < 4.78 is 18.1. The Morgan fingerprint density at radius 1 is 1.35 bits per heavy atom. The number of fused-ring (bicyclic) bond motifs is 1. The van der Waals surface area contributed by atoms with E-state index in [4.69, 9.17) is 4.42 Å². The molecule has 2 aromatic rings. The molecule has 0 saturated heterocycles. The average Bonchev–Trinajstić information content (AvgIpc) is 2.37. The molecule has 5 heteroatoms. The molecule has 0 aliphatic rings. The number of hydrogen-bond donors (Lipinski definition) is 1. The van der Waals surface area contributed by atoms with Crippen molar-refractivity contribution in [1.29, 1.82) is 0 Å². The average molecular weight is 277 g/mol. The second-order valence-corrected chi connectivity index (χ2v) is 5.07. The number of hydrogen-bond acceptors (Lipinski definition) is 3. The van der Waals surface area contributed by atoms with Crippen molar-refractivity contribution in [3.8, 4) is 0 Å². The topological polar surface area (TPSA) is 59.3 Å². The maximum absolute atomic E-state index is 13.2. The molecule has 0 fully saturated rings. The fraction of sp³-hybridized carbons (Fsp3) is 0.333. The Labute approximate surface area is 115 Å². The predicted octanol–water partition coefficient (Wildman–Crippen LogP) is 2.71. The van der Waals surface area contributed by atoms with E-state index in [0.29, 0.717) is 17.8 Å². The third-order valence-corrected chi connectivity index (χ3v) is 2.95. The van der Waals surface area contributed by atoms with Crippen LogP contribution in [-0.4, -0.2) is 12.5 Å². The van der Waals surface area contributed by atoms with Crippen molar-refractivity contribution in [1.82, 2.24) is 5.32 Å². The second kappa shape index (κ2) is 5.86. The quantitative estimate of drug-likeness (QED) is 0.934. The van der Waals surface area contributed by atoms with E-state index in [-0.39, 0.29) is 11.1 Å². The third-order valence-electron chi connectivity index (χ3n) is 2.95. The molecule has 1 amide bonds. The lowest BCUT2D eigenvalue weighted by Gasteiger charge is -2.06. The van der Waals surface area contributed by atoms with Gasteiger partial charge < -0.3 is 9.73 Å². The highest BCUT2D eigenvalue weighted by molar-refractivity contribution is 5.95. The van der Waals surface area contributed by atoms with Gasteiger partial charge in [-0.25, -0.2) is 9.18 Å². The summed E-state index contributed by atoms with van der Waals surface area (Å²) >= 11 is 0. The van der Waals surface area contributed by atoms with Crippen LogP contribution in [-0.2, 0) is 0 Å². The van der Waals surface area contributed by atoms with Crippen molar-refractivity contribution in [2.45, 2.75) is 20.3 Å². The Morgan fingerprint density at radius 3 is 2.80 bits per heavy atom. The summed E-state index contributed by atoms with van der Waals surface area (Å²) in [7, 11) is 0. The number of rotatable bonds is 4. The summed E-state index contributed by atoms with van der Waals surface area (Å²) in [4.78, 5) is 23.6. The van der Waals surface area contributed by atoms with Gasteiger partial charge in [-0.3, -0.25) is 4.79 Å². The number of halogens is 1. The molecule has 0 spiro atoms. The van der Waals surface area contributed by atoms with Crippen LogP contribution in [0.2, 0.25) is 0 Å². The van der Waals surface area contributed by atoms with Crippen LogP contribution in [0.3, 0.4) is 0 Å². The first kappa shape index (κ1) is 14.2. The molecule has 2 rings (SSSR count). The van der Waals surface area contributed by atoms with Crippen molar-refractivity contribution < 1.29 is 13.6 Å². The number of carbonyl (C=O) groups excluding carboxylic acids is 1. The fourth-order valence-corrected chi connectivity index (χ4v) is 1.84. The van der Waals surface area contributed by atoms with Gasteiger partial charge in [0.2, 0.25) is 0 Å². The van der Waals surface area contributed by atoms with Crippen LogP contribution >= 0.6 is 0 Å². The van der Waals surface area contributed by atoms with E-state index in [1.54, 1.807) is 0 Å². The molecule has 1 N–H and O–H groups in total. The molecule has 0 aliphatic heterocycles. The van der Waals surface area contributed by atoms with Gasteiger partial charge in [-0.15, -0.1) is 0 Å². The van der Waals surface area contributed by atoms with Gasteiger partial charge in [-0.05, 0) is 42.0 Å². The minimum absolute atomic E-state index is 0.100. The molecule has 0 unspecified atom stereocenters. The largest absolute Gasteiger partial charge is 0.417 e. The minimum atomic E-state index is -0.642. The van der Waals surface area contributed by atoms with Crippen molar-refractivity contribution in [2.24, 2.45) is 5.92 Å². The maximum atomic E-state index is 13.2. The molecule has 0 bridgehead atoms. The molecule has 4 nitrogen and oxygen atoms in total. The summed E-state index contributed by atoms with van der Waals surface area (Å²) in [6.45, 7) is 4.59. The van der Waals surface area contributed by atoms with Crippen LogP contribution in [0.15, 0.2) is 33.5 Å². The third kappa shape index (κ3) is 3.23. The number of benzene rings is 1. The van der Waals surface area contributed by atoms with Crippen LogP contribution < -0.4 is 10.9 Å². The molecule has 0 aliphatic carbocycles. The predicted molar refractivity (Wildman–Crippen MR) is 74.2 cm³/mol. The van der Waals surface area contributed by atoms with Gasteiger partial charge in [0.25, 0.3) is 5.91 Å². The maximum Gasteiger partial charge on any atom is 0.344 e. The Balaban J connectivity index is 2.26. The fourth-order valence-electron chi connectivity index (χ4n) is 1.84. The zero-order valence-electron chi connectivity index (χ0n) is 11.4. The lowest BCUT2D eigenvalue weighted by atomic mass is 10.1. The molecule has 1 aromatic heterocycles. The monoisotopic (exact) mass is 277 g/mol. The molecule has 1 aromatic carbocycles. The highest BCUT2D eigenvalue weighted by Crippen LogP contribution is 2.14. The lowest BCUT2D eigenvalue weighted by Crippen LogP contribution is -2.26. The molecule has 0 atom stereocenters. The second-order valence-electron chi connectivity index (χ2n) is 5.07. The van der Waals surface area contributed by atoms with Crippen molar-refractivity contribution in [3.63, 3.8) is 0 Å². The zero-order valence-corrected chi connectivity index (χ0v) is 11.4.